The zero-order valence-corrected chi connectivity index (χ0v) is 15.3. The summed E-state index contributed by atoms with van der Waals surface area (Å²) in [6.45, 7) is 3.92. The molecule has 2 rings (SSSR count). The van der Waals surface area contributed by atoms with Crippen molar-refractivity contribution >= 4 is 24.2 Å². The Hall–Kier alpha value is -2.58. The Balaban J connectivity index is 0.00000338. The van der Waals surface area contributed by atoms with E-state index in [0.29, 0.717) is 0 Å². The van der Waals surface area contributed by atoms with Gasteiger partial charge in [-0.2, -0.15) is 0 Å². The maximum atomic E-state index is 12.9. The summed E-state index contributed by atoms with van der Waals surface area (Å²) in [7, 11) is 0. The van der Waals surface area contributed by atoms with Crippen LogP contribution < -0.4 is 16.4 Å². The smallest absolute Gasteiger partial charge is 0.272 e. The topological polar surface area (TPSA) is 110 Å². The fourth-order valence-electron chi connectivity index (χ4n) is 1.93. The first-order chi connectivity index (χ1) is 11.8. The number of halogens is 2. The van der Waals surface area contributed by atoms with Gasteiger partial charge in [-0.05, 0) is 31.5 Å². The van der Waals surface area contributed by atoms with Crippen LogP contribution in [0.25, 0.3) is 0 Å². The third-order valence-electron chi connectivity index (χ3n) is 3.20. The SMILES string of the molecule is CC(C)(N)CNC(=O)c1nccnc1C(=O)NCc1ccc(F)cc1.Cl. The highest BCUT2D eigenvalue weighted by Crippen LogP contribution is 2.05. The van der Waals surface area contributed by atoms with Gasteiger partial charge in [-0.15, -0.1) is 12.4 Å². The molecule has 0 saturated carbocycles. The van der Waals surface area contributed by atoms with Gasteiger partial charge in [-0.1, -0.05) is 12.1 Å². The van der Waals surface area contributed by atoms with Crippen LogP contribution in [-0.4, -0.2) is 33.9 Å². The van der Waals surface area contributed by atoms with E-state index in [-0.39, 0.29) is 42.7 Å². The van der Waals surface area contributed by atoms with Crippen molar-refractivity contribution in [2.75, 3.05) is 6.54 Å². The third kappa shape index (κ3) is 6.38. The third-order valence-corrected chi connectivity index (χ3v) is 3.20. The van der Waals surface area contributed by atoms with Gasteiger partial charge in [0.05, 0.1) is 0 Å². The van der Waals surface area contributed by atoms with Crippen LogP contribution in [0.2, 0.25) is 0 Å². The molecule has 0 fully saturated rings. The van der Waals surface area contributed by atoms with Crippen molar-refractivity contribution in [2.45, 2.75) is 25.9 Å². The fourth-order valence-corrected chi connectivity index (χ4v) is 1.93. The molecule has 0 unspecified atom stereocenters. The Morgan fingerprint density at radius 1 is 1.04 bits per heavy atom. The molecule has 0 spiro atoms. The number of carbonyl (C=O) groups is 2. The summed E-state index contributed by atoms with van der Waals surface area (Å²) in [6.07, 6.45) is 2.66. The molecule has 0 aliphatic heterocycles. The molecule has 0 bridgehead atoms. The van der Waals surface area contributed by atoms with Crippen LogP contribution in [-0.2, 0) is 6.54 Å². The molecule has 7 nitrogen and oxygen atoms in total. The number of carbonyl (C=O) groups excluding carboxylic acids is 2. The number of amides is 2. The van der Waals surface area contributed by atoms with Crippen LogP contribution in [0.15, 0.2) is 36.7 Å². The fraction of sp³-hybridized carbons (Fsp3) is 0.294. The molecule has 26 heavy (non-hydrogen) atoms. The van der Waals surface area contributed by atoms with Gasteiger partial charge >= 0.3 is 0 Å². The Morgan fingerprint density at radius 2 is 1.54 bits per heavy atom. The van der Waals surface area contributed by atoms with E-state index >= 15 is 0 Å². The molecule has 0 atom stereocenters. The van der Waals surface area contributed by atoms with E-state index in [1.165, 1.54) is 24.5 Å². The molecular formula is C17H21ClFN5O2. The average molecular weight is 382 g/mol. The second kappa shape index (κ2) is 9.21. The molecule has 1 aromatic carbocycles. The second-order valence-electron chi connectivity index (χ2n) is 6.23. The van der Waals surface area contributed by atoms with Gasteiger partial charge in [0.1, 0.15) is 5.82 Å². The number of benzene rings is 1. The highest BCUT2D eigenvalue weighted by atomic mass is 35.5. The van der Waals surface area contributed by atoms with Crippen LogP contribution >= 0.6 is 12.4 Å². The zero-order chi connectivity index (χ0) is 18.4. The lowest BCUT2D eigenvalue weighted by atomic mass is 10.1. The van der Waals surface area contributed by atoms with Gasteiger partial charge < -0.3 is 16.4 Å². The van der Waals surface area contributed by atoms with Gasteiger partial charge in [-0.3, -0.25) is 9.59 Å². The molecule has 0 radical (unpaired) electrons. The minimum Gasteiger partial charge on any atom is -0.349 e. The number of hydrogen-bond acceptors (Lipinski definition) is 5. The standard InChI is InChI=1S/C17H20FN5O2.ClH/c1-17(2,19)10-23-16(25)14-13(20-7-8-21-14)15(24)22-9-11-3-5-12(18)6-4-11;/h3-8H,9-10,19H2,1-2H3,(H,22,24)(H,23,25);1H. The highest BCUT2D eigenvalue weighted by Gasteiger charge is 2.21. The number of hydrogen-bond donors (Lipinski definition) is 3. The summed E-state index contributed by atoms with van der Waals surface area (Å²) in [6, 6.07) is 5.72. The minimum absolute atomic E-state index is 0. The van der Waals surface area contributed by atoms with E-state index in [0.717, 1.165) is 5.56 Å². The van der Waals surface area contributed by atoms with E-state index in [2.05, 4.69) is 20.6 Å². The van der Waals surface area contributed by atoms with Gasteiger partial charge in [0.2, 0.25) is 0 Å². The first-order valence-electron chi connectivity index (χ1n) is 7.67. The largest absolute Gasteiger partial charge is 0.349 e. The maximum absolute atomic E-state index is 12.9. The Kier molecular flexibility index (Phi) is 7.60. The first kappa shape index (κ1) is 21.5. The molecule has 9 heteroatoms. The van der Waals surface area contributed by atoms with Crippen LogP contribution in [0, 0.1) is 5.82 Å². The van der Waals surface area contributed by atoms with Crippen molar-refractivity contribution in [1.82, 2.24) is 20.6 Å². The molecule has 0 aliphatic carbocycles. The monoisotopic (exact) mass is 381 g/mol. The quantitative estimate of drug-likeness (QED) is 0.701. The lowest BCUT2D eigenvalue weighted by Crippen LogP contribution is -2.45. The average Bonchev–Trinajstić information content (AvgIpc) is 2.58. The van der Waals surface area contributed by atoms with Crippen LogP contribution in [0.4, 0.5) is 4.39 Å². The van der Waals surface area contributed by atoms with Crippen molar-refractivity contribution in [1.29, 1.82) is 0 Å². The summed E-state index contributed by atoms with van der Waals surface area (Å²) < 4.78 is 12.9. The summed E-state index contributed by atoms with van der Waals surface area (Å²) in [5.74, 6) is -1.43. The molecule has 0 saturated heterocycles. The van der Waals surface area contributed by atoms with Gasteiger partial charge in [0.15, 0.2) is 11.4 Å². The van der Waals surface area contributed by atoms with E-state index in [4.69, 9.17) is 5.73 Å². The molecule has 1 heterocycles. The molecule has 140 valence electrons. The molecule has 0 aliphatic rings. The summed E-state index contributed by atoms with van der Waals surface area (Å²) in [5.41, 5.74) is 5.78. The van der Waals surface area contributed by atoms with Crippen LogP contribution in [0.5, 0.6) is 0 Å². The van der Waals surface area contributed by atoms with Gasteiger partial charge in [0, 0.05) is 31.0 Å². The Bertz CT molecular complexity index is 762. The summed E-state index contributed by atoms with van der Waals surface area (Å²) in [5, 5.41) is 5.26. The predicted molar refractivity (Wildman–Crippen MR) is 97.4 cm³/mol. The number of nitrogens with one attached hydrogen (secondary N) is 2. The van der Waals surface area contributed by atoms with Crippen molar-refractivity contribution in [3.05, 3.63) is 59.4 Å². The lowest BCUT2D eigenvalue weighted by Gasteiger charge is -2.19. The van der Waals surface area contributed by atoms with Crippen LogP contribution in [0.1, 0.15) is 40.4 Å². The Morgan fingerprint density at radius 3 is 2.04 bits per heavy atom. The second-order valence-corrected chi connectivity index (χ2v) is 6.23. The molecule has 4 N–H and O–H groups in total. The number of nitrogens with zero attached hydrogens (tertiary/aromatic N) is 2. The summed E-state index contributed by atoms with van der Waals surface area (Å²) in [4.78, 5) is 32.4. The van der Waals surface area contributed by atoms with Crippen LogP contribution in [0.3, 0.4) is 0 Å². The normalized spacial score (nSPS) is 10.6. The van der Waals surface area contributed by atoms with E-state index < -0.39 is 17.4 Å². The van der Waals surface area contributed by atoms with Crippen molar-refractivity contribution in [2.24, 2.45) is 5.73 Å². The molecular weight excluding hydrogens is 361 g/mol. The first-order valence-corrected chi connectivity index (χ1v) is 7.67. The molecule has 1 aromatic heterocycles. The van der Waals surface area contributed by atoms with E-state index in [1.54, 1.807) is 26.0 Å². The predicted octanol–water partition coefficient (Wildman–Crippen LogP) is 1.43. The highest BCUT2D eigenvalue weighted by molar-refractivity contribution is 6.04. The van der Waals surface area contributed by atoms with Gasteiger partial charge in [0.25, 0.3) is 11.8 Å². The molecule has 2 aromatic rings. The van der Waals surface area contributed by atoms with Crippen molar-refractivity contribution in [3.8, 4) is 0 Å². The van der Waals surface area contributed by atoms with Crippen molar-refractivity contribution < 1.29 is 14.0 Å². The number of nitrogens with two attached hydrogens (primary N) is 1. The van der Waals surface area contributed by atoms with Gasteiger partial charge in [-0.25, -0.2) is 14.4 Å². The van der Waals surface area contributed by atoms with Crippen molar-refractivity contribution in [3.63, 3.8) is 0 Å². The number of rotatable bonds is 6. The number of aromatic nitrogens is 2. The lowest BCUT2D eigenvalue weighted by molar-refractivity contribution is 0.0906. The van der Waals surface area contributed by atoms with E-state index in [1.807, 2.05) is 0 Å². The Labute approximate surface area is 157 Å². The minimum atomic E-state index is -0.594. The van der Waals surface area contributed by atoms with E-state index in [9.17, 15) is 14.0 Å². The molecule has 2 amide bonds. The summed E-state index contributed by atoms with van der Waals surface area (Å²) >= 11 is 0. The zero-order valence-electron chi connectivity index (χ0n) is 14.5. The maximum Gasteiger partial charge on any atom is 0.272 e.